The van der Waals surface area contributed by atoms with Gasteiger partial charge in [0.15, 0.2) is 6.61 Å². The Bertz CT molecular complexity index is 1100. The van der Waals surface area contributed by atoms with E-state index in [9.17, 15) is 27.6 Å². The van der Waals surface area contributed by atoms with Crippen molar-refractivity contribution in [2.45, 2.75) is 19.0 Å². The Kier molecular flexibility index (Phi) is 8.02. The summed E-state index contributed by atoms with van der Waals surface area (Å²) in [7, 11) is 0. The summed E-state index contributed by atoms with van der Waals surface area (Å²) < 4.78 is 43.9. The Morgan fingerprint density at radius 2 is 1.29 bits per heavy atom. The zero-order chi connectivity index (χ0) is 24.6. The Morgan fingerprint density at radius 1 is 0.765 bits per heavy atom. The van der Waals surface area contributed by atoms with E-state index in [1.165, 1.54) is 17.0 Å². The second-order valence-corrected chi connectivity index (χ2v) is 7.15. The van der Waals surface area contributed by atoms with Crippen LogP contribution >= 0.6 is 0 Å². The minimum atomic E-state index is -4.65. The zero-order valence-electron chi connectivity index (χ0n) is 17.9. The van der Waals surface area contributed by atoms with Crippen LogP contribution in [0.1, 0.15) is 18.4 Å². The predicted octanol–water partition coefficient (Wildman–Crippen LogP) is 5.33. The third-order valence-corrected chi connectivity index (χ3v) is 4.69. The van der Waals surface area contributed by atoms with Crippen LogP contribution in [0, 0.1) is 0 Å². The monoisotopic (exact) mass is 470 g/mol. The maximum atomic E-state index is 13.0. The van der Waals surface area contributed by atoms with E-state index in [0.29, 0.717) is 11.4 Å². The molecule has 0 saturated heterocycles. The number of carbonyl (C=O) groups excluding carboxylic acids is 3. The van der Waals surface area contributed by atoms with Gasteiger partial charge < -0.3 is 10.1 Å². The lowest BCUT2D eigenvalue weighted by atomic mass is 10.1. The van der Waals surface area contributed by atoms with Crippen molar-refractivity contribution in [1.29, 1.82) is 0 Å². The largest absolute Gasteiger partial charge is 0.456 e. The highest BCUT2D eigenvalue weighted by Gasteiger charge is 2.33. The molecule has 0 radical (unpaired) electrons. The van der Waals surface area contributed by atoms with Gasteiger partial charge in [0.25, 0.3) is 5.91 Å². The Hall–Kier alpha value is -4.14. The number of anilines is 3. The number of para-hydroxylation sites is 3. The number of nitrogens with one attached hydrogen (secondary N) is 1. The molecule has 2 amide bonds. The molecule has 0 aliphatic carbocycles. The second-order valence-electron chi connectivity index (χ2n) is 7.15. The van der Waals surface area contributed by atoms with E-state index in [1.54, 1.807) is 48.5 Å². The molecule has 0 bridgehead atoms. The van der Waals surface area contributed by atoms with Crippen LogP contribution in [0.5, 0.6) is 0 Å². The first-order valence-corrected chi connectivity index (χ1v) is 10.3. The average molecular weight is 470 g/mol. The molecule has 6 nitrogen and oxygen atoms in total. The van der Waals surface area contributed by atoms with E-state index >= 15 is 0 Å². The molecule has 3 aromatic carbocycles. The minimum Gasteiger partial charge on any atom is -0.456 e. The molecule has 0 atom stereocenters. The Balaban J connectivity index is 1.55. The van der Waals surface area contributed by atoms with Gasteiger partial charge in [-0.2, -0.15) is 13.2 Å². The first-order valence-electron chi connectivity index (χ1n) is 10.3. The third-order valence-electron chi connectivity index (χ3n) is 4.69. The molecule has 0 spiro atoms. The van der Waals surface area contributed by atoms with Crippen LogP contribution in [0.25, 0.3) is 0 Å². The van der Waals surface area contributed by atoms with Crippen molar-refractivity contribution in [3.8, 4) is 0 Å². The number of carbonyl (C=O) groups is 3. The van der Waals surface area contributed by atoms with Gasteiger partial charge in [-0.15, -0.1) is 0 Å². The van der Waals surface area contributed by atoms with E-state index in [2.05, 4.69) is 5.32 Å². The lowest BCUT2D eigenvalue weighted by molar-refractivity contribution is -0.148. The summed E-state index contributed by atoms with van der Waals surface area (Å²) in [6.45, 7) is -0.777. The van der Waals surface area contributed by atoms with Crippen LogP contribution < -0.4 is 10.2 Å². The Labute approximate surface area is 194 Å². The maximum Gasteiger partial charge on any atom is 0.418 e. The van der Waals surface area contributed by atoms with Crippen LogP contribution in [0.2, 0.25) is 0 Å². The maximum absolute atomic E-state index is 13.0. The van der Waals surface area contributed by atoms with Crippen molar-refractivity contribution in [3.63, 3.8) is 0 Å². The van der Waals surface area contributed by atoms with E-state index in [1.807, 2.05) is 12.1 Å². The smallest absolute Gasteiger partial charge is 0.418 e. The molecular formula is C25H21F3N2O4. The highest BCUT2D eigenvalue weighted by Crippen LogP contribution is 2.34. The summed E-state index contributed by atoms with van der Waals surface area (Å²) in [5, 5.41) is 2.09. The molecule has 9 heteroatoms. The second kappa shape index (κ2) is 11.1. The summed E-state index contributed by atoms with van der Waals surface area (Å²) in [5.74, 6) is -2.11. The molecule has 34 heavy (non-hydrogen) atoms. The number of rotatable bonds is 8. The van der Waals surface area contributed by atoms with Crippen LogP contribution in [0.15, 0.2) is 84.9 Å². The van der Waals surface area contributed by atoms with Crippen molar-refractivity contribution in [2.24, 2.45) is 0 Å². The molecule has 176 valence electrons. The lowest BCUT2D eigenvalue weighted by Gasteiger charge is -2.23. The Morgan fingerprint density at radius 3 is 1.85 bits per heavy atom. The summed E-state index contributed by atoms with van der Waals surface area (Å²) >= 11 is 0. The van der Waals surface area contributed by atoms with E-state index < -0.39 is 35.9 Å². The summed E-state index contributed by atoms with van der Waals surface area (Å²) in [4.78, 5) is 38.4. The molecule has 0 aliphatic rings. The molecule has 0 heterocycles. The van der Waals surface area contributed by atoms with E-state index in [4.69, 9.17) is 4.74 Å². The molecule has 3 rings (SSSR count). The summed E-state index contributed by atoms with van der Waals surface area (Å²) in [6.07, 6.45) is -5.15. The number of hydrogen-bond donors (Lipinski definition) is 1. The van der Waals surface area contributed by atoms with Crippen molar-refractivity contribution in [2.75, 3.05) is 16.8 Å². The van der Waals surface area contributed by atoms with Gasteiger partial charge in [0.1, 0.15) is 0 Å². The van der Waals surface area contributed by atoms with Crippen LogP contribution in [-0.4, -0.2) is 24.4 Å². The molecule has 0 aromatic heterocycles. The first-order chi connectivity index (χ1) is 16.3. The van der Waals surface area contributed by atoms with Gasteiger partial charge in [-0.05, 0) is 36.4 Å². The molecule has 0 fully saturated rings. The van der Waals surface area contributed by atoms with Crippen molar-refractivity contribution in [3.05, 3.63) is 90.5 Å². The van der Waals surface area contributed by atoms with Gasteiger partial charge in [0.05, 0.1) is 17.7 Å². The number of hydrogen-bond acceptors (Lipinski definition) is 4. The fraction of sp³-hybridized carbons (Fsp3) is 0.160. The minimum absolute atomic E-state index is 0.193. The molecule has 0 aliphatic heterocycles. The molecular weight excluding hydrogens is 449 g/mol. The van der Waals surface area contributed by atoms with Crippen molar-refractivity contribution >= 4 is 34.8 Å². The normalized spacial score (nSPS) is 10.9. The van der Waals surface area contributed by atoms with Gasteiger partial charge in [0.2, 0.25) is 5.91 Å². The van der Waals surface area contributed by atoms with Gasteiger partial charge in [-0.1, -0.05) is 48.5 Å². The van der Waals surface area contributed by atoms with Gasteiger partial charge in [0, 0.05) is 17.8 Å². The molecule has 0 unspecified atom stereocenters. The van der Waals surface area contributed by atoms with E-state index in [-0.39, 0.29) is 18.7 Å². The lowest BCUT2D eigenvalue weighted by Crippen LogP contribution is -2.27. The summed E-state index contributed by atoms with van der Waals surface area (Å²) in [5.41, 5.74) is -0.209. The molecule has 0 saturated carbocycles. The summed E-state index contributed by atoms with van der Waals surface area (Å²) in [6, 6.07) is 22.2. The van der Waals surface area contributed by atoms with E-state index in [0.717, 1.165) is 12.1 Å². The highest BCUT2D eigenvalue weighted by molar-refractivity contribution is 6.01. The average Bonchev–Trinajstić information content (AvgIpc) is 2.82. The van der Waals surface area contributed by atoms with Crippen molar-refractivity contribution < 1.29 is 32.3 Å². The number of halogens is 3. The number of esters is 1. The highest BCUT2D eigenvalue weighted by atomic mass is 19.4. The quantitative estimate of drug-likeness (QED) is 0.452. The molecule has 3 aromatic rings. The SMILES string of the molecule is O=C(COC(=O)CCC(=O)N(c1ccccc1)c1ccccc1)Nc1ccccc1C(F)(F)F. The number of benzene rings is 3. The molecule has 1 N–H and O–H groups in total. The standard InChI is InChI=1S/C25H21F3N2O4/c26-25(27,28)20-13-7-8-14-21(20)29-22(31)17-34-24(33)16-15-23(32)30(18-9-3-1-4-10-18)19-11-5-2-6-12-19/h1-14H,15-17H2,(H,29,31). The number of nitrogens with zero attached hydrogens (tertiary/aromatic N) is 1. The number of amides is 2. The number of alkyl halides is 3. The number of ether oxygens (including phenoxy) is 1. The zero-order valence-corrected chi connectivity index (χ0v) is 17.9. The topological polar surface area (TPSA) is 75.7 Å². The van der Waals surface area contributed by atoms with Gasteiger partial charge in [-0.3, -0.25) is 19.3 Å². The van der Waals surface area contributed by atoms with Crippen molar-refractivity contribution in [1.82, 2.24) is 0 Å². The fourth-order valence-electron chi connectivity index (χ4n) is 3.16. The van der Waals surface area contributed by atoms with Gasteiger partial charge >= 0.3 is 12.1 Å². The van der Waals surface area contributed by atoms with Crippen LogP contribution in [-0.2, 0) is 25.3 Å². The third kappa shape index (κ3) is 6.68. The predicted molar refractivity (Wildman–Crippen MR) is 120 cm³/mol. The van der Waals surface area contributed by atoms with Crippen LogP contribution in [0.4, 0.5) is 30.2 Å². The first kappa shape index (κ1) is 24.5. The fourth-order valence-corrected chi connectivity index (χ4v) is 3.16. The van der Waals surface area contributed by atoms with Crippen LogP contribution in [0.3, 0.4) is 0 Å². The van der Waals surface area contributed by atoms with Gasteiger partial charge in [-0.25, -0.2) is 0 Å².